The molecule has 0 aliphatic carbocycles. The fourth-order valence-corrected chi connectivity index (χ4v) is 1.62. The molecule has 0 aromatic carbocycles. The summed E-state index contributed by atoms with van der Waals surface area (Å²) in [7, 11) is 0. The predicted octanol–water partition coefficient (Wildman–Crippen LogP) is 1.09. The summed E-state index contributed by atoms with van der Waals surface area (Å²) in [4.78, 5) is 25.3. The van der Waals surface area contributed by atoms with Gasteiger partial charge in [-0.3, -0.25) is 9.59 Å². The molecule has 104 valence electrons. The maximum atomic E-state index is 12.3. The van der Waals surface area contributed by atoms with Gasteiger partial charge in [-0.05, 0) is 12.3 Å². The maximum Gasteiger partial charge on any atom is 0.319 e. The summed E-state index contributed by atoms with van der Waals surface area (Å²) in [6, 6.07) is 3.63. The van der Waals surface area contributed by atoms with Crippen molar-refractivity contribution in [2.45, 2.75) is 27.7 Å². The second kappa shape index (κ2) is 7.38. The van der Waals surface area contributed by atoms with Crippen LogP contribution >= 0.6 is 0 Å². The van der Waals surface area contributed by atoms with Gasteiger partial charge in [-0.1, -0.05) is 20.8 Å². The van der Waals surface area contributed by atoms with E-state index < -0.39 is 23.2 Å². The van der Waals surface area contributed by atoms with Crippen molar-refractivity contribution in [3.05, 3.63) is 0 Å². The summed E-state index contributed by atoms with van der Waals surface area (Å²) in [5, 5.41) is 17.3. The van der Waals surface area contributed by atoms with E-state index in [4.69, 9.17) is 15.3 Å². The zero-order chi connectivity index (χ0) is 15.1. The molecule has 0 radical (unpaired) electrons. The average molecular weight is 265 g/mol. The lowest BCUT2D eigenvalue weighted by Crippen LogP contribution is -2.46. The number of nitrogens with zero attached hydrogens (tertiary/aromatic N) is 3. The van der Waals surface area contributed by atoms with Crippen molar-refractivity contribution in [2.24, 2.45) is 11.3 Å². The molecule has 19 heavy (non-hydrogen) atoms. The number of nitriles is 2. The third-order valence-corrected chi connectivity index (χ3v) is 2.47. The first-order valence-electron chi connectivity index (χ1n) is 5.98. The second-order valence-corrected chi connectivity index (χ2v) is 5.06. The van der Waals surface area contributed by atoms with Crippen LogP contribution in [0.15, 0.2) is 0 Å². The molecule has 6 heteroatoms. The first-order chi connectivity index (χ1) is 8.79. The normalized spacial score (nSPS) is 11.9. The fraction of sp³-hybridized carbons (Fsp3) is 0.692. The lowest BCUT2D eigenvalue weighted by Gasteiger charge is -2.30. The van der Waals surface area contributed by atoms with Gasteiger partial charge in [-0.25, -0.2) is 0 Å². The average Bonchev–Trinajstić information content (AvgIpc) is 2.27. The smallest absolute Gasteiger partial charge is 0.319 e. The Morgan fingerprint density at radius 3 is 2.00 bits per heavy atom. The lowest BCUT2D eigenvalue weighted by molar-refractivity contribution is -0.160. The highest BCUT2D eigenvalue weighted by Gasteiger charge is 2.41. The first kappa shape index (κ1) is 16.9. The highest BCUT2D eigenvalue weighted by atomic mass is 16.5. The molecular weight excluding hydrogens is 246 g/mol. The SMILES string of the molecule is CCOC(=O)C(C(=O)N(CC#N)CC#N)C(C)(C)C. The van der Waals surface area contributed by atoms with Crippen LogP contribution in [0, 0.1) is 34.0 Å². The summed E-state index contributed by atoms with van der Waals surface area (Å²) in [5.41, 5.74) is -0.646. The summed E-state index contributed by atoms with van der Waals surface area (Å²) in [6.45, 7) is 6.60. The van der Waals surface area contributed by atoms with E-state index in [1.54, 1.807) is 27.7 Å². The summed E-state index contributed by atoms with van der Waals surface area (Å²) >= 11 is 0. The Balaban J connectivity index is 5.26. The standard InChI is InChI=1S/C13H19N3O3/c1-5-19-12(18)10(13(2,3)4)11(17)16(8-6-14)9-7-15/h10H,5,8-9H2,1-4H3. The van der Waals surface area contributed by atoms with Crippen LogP contribution in [-0.2, 0) is 14.3 Å². The van der Waals surface area contributed by atoms with Gasteiger partial charge in [0.25, 0.3) is 0 Å². The van der Waals surface area contributed by atoms with Crippen molar-refractivity contribution >= 4 is 11.9 Å². The molecule has 1 atom stereocenters. The van der Waals surface area contributed by atoms with Gasteiger partial charge in [0, 0.05) is 0 Å². The van der Waals surface area contributed by atoms with Crippen LogP contribution in [0.25, 0.3) is 0 Å². The van der Waals surface area contributed by atoms with Gasteiger partial charge in [-0.15, -0.1) is 0 Å². The van der Waals surface area contributed by atoms with Gasteiger partial charge < -0.3 is 9.64 Å². The van der Waals surface area contributed by atoms with Crippen LogP contribution in [0.1, 0.15) is 27.7 Å². The van der Waals surface area contributed by atoms with E-state index in [1.165, 1.54) is 0 Å². The number of hydrogen-bond acceptors (Lipinski definition) is 5. The minimum absolute atomic E-state index is 0.176. The number of carbonyl (C=O) groups excluding carboxylic acids is 2. The van der Waals surface area contributed by atoms with Gasteiger partial charge in [0.1, 0.15) is 19.0 Å². The molecule has 0 spiro atoms. The molecule has 1 unspecified atom stereocenters. The van der Waals surface area contributed by atoms with E-state index in [9.17, 15) is 9.59 Å². The molecule has 0 aromatic rings. The molecule has 0 heterocycles. The van der Waals surface area contributed by atoms with Crippen molar-refractivity contribution in [3.63, 3.8) is 0 Å². The monoisotopic (exact) mass is 265 g/mol. The van der Waals surface area contributed by atoms with Gasteiger partial charge in [0.2, 0.25) is 5.91 Å². The topological polar surface area (TPSA) is 94.2 Å². The van der Waals surface area contributed by atoms with E-state index in [-0.39, 0.29) is 19.7 Å². The number of rotatable bonds is 5. The Morgan fingerprint density at radius 2 is 1.68 bits per heavy atom. The number of hydrogen-bond donors (Lipinski definition) is 0. The summed E-state index contributed by atoms with van der Waals surface area (Å²) < 4.78 is 4.91. The van der Waals surface area contributed by atoms with Crippen molar-refractivity contribution in [1.29, 1.82) is 10.5 Å². The number of ether oxygens (including phenoxy) is 1. The molecule has 0 rings (SSSR count). The Morgan fingerprint density at radius 1 is 1.21 bits per heavy atom. The van der Waals surface area contributed by atoms with Crippen LogP contribution in [0.4, 0.5) is 0 Å². The number of esters is 1. The quantitative estimate of drug-likeness (QED) is 0.421. The van der Waals surface area contributed by atoms with E-state index in [1.807, 2.05) is 12.1 Å². The van der Waals surface area contributed by atoms with Crippen LogP contribution in [0.5, 0.6) is 0 Å². The van der Waals surface area contributed by atoms with E-state index in [0.717, 1.165) is 4.90 Å². The third-order valence-electron chi connectivity index (χ3n) is 2.47. The van der Waals surface area contributed by atoms with Crippen LogP contribution in [0.3, 0.4) is 0 Å². The Labute approximate surface area is 113 Å². The van der Waals surface area contributed by atoms with Crippen LogP contribution < -0.4 is 0 Å². The van der Waals surface area contributed by atoms with Gasteiger partial charge in [0.15, 0.2) is 0 Å². The second-order valence-electron chi connectivity index (χ2n) is 5.06. The largest absolute Gasteiger partial charge is 0.465 e. The molecule has 1 amide bonds. The number of carbonyl (C=O) groups is 2. The van der Waals surface area contributed by atoms with E-state index >= 15 is 0 Å². The molecule has 0 aliphatic rings. The van der Waals surface area contributed by atoms with Crippen LogP contribution in [0.2, 0.25) is 0 Å². The van der Waals surface area contributed by atoms with E-state index in [2.05, 4.69) is 0 Å². The maximum absolute atomic E-state index is 12.3. The van der Waals surface area contributed by atoms with Crippen molar-refractivity contribution < 1.29 is 14.3 Å². The summed E-state index contributed by atoms with van der Waals surface area (Å²) in [5.74, 6) is -2.19. The Kier molecular flexibility index (Phi) is 6.57. The van der Waals surface area contributed by atoms with Crippen molar-refractivity contribution in [3.8, 4) is 12.1 Å². The molecule has 6 nitrogen and oxygen atoms in total. The lowest BCUT2D eigenvalue weighted by atomic mass is 9.79. The highest BCUT2D eigenvalue weighted by Crippen LogP contribution is 2.29. The molecular formula is C13H19N3O3. The molecule has 0 bridgehead atoms. The van der Waals surface area contributed by atoms with Gasteiger partial charge in [-0.2, -0.15) is 10.5 Å². The first-order valence-corrected chi connectivity index (χ1v) is 5.98. The molecule has 0 aromatic heterocycles. The highest BCUT2D eigenvalue weighted by molar-refractivity contribution is 5.98. The molecule has 0 saturated carbocycles. The Bertz CT molecular complexity index is 396. The zero-order valence-corrected chi connectivity index (χ0v) is 11.8. The molecule has 0 saturated heterocycles. The van der Waals surface area contributed by atoms with Crippen molar-refractivity contribution in [2.75, 3.05) is 19.7 Å². The molecule has 0 fully saturated rings. The molecule has 0 aliphatic heterocycles. The van der Waals surface area contributed by atoms with Crippen LogP contribution in [-0.4, -0.2) is 36.5 Å². The minimum atomic E-state index is -1.02. The summed E-state index contributed by atoms with van der Waals surface area (Å²) in [6.07, 6.45) is 0. The number of amides is 1. The predicted molar refractivity (Wildman–Crippen MR) is 67.4 cm³/mol. The third kappa shape index (κ3) is 4.97. The Hall–Kier alpha value is -2.08. The minimum Gasteiger partial charge on any atom is -0.465 e. The van der Waals surface area contributed by atoms with Gasteiger partial charge >= 0.3 is 5.97 Å². The van der Waals surface area contributed by atoms with Crippen molar-refractivity contribution in [1.82, 2.24) is 4.90 Å². The fourth-order valence-electron chi connectivity index (χ4n) is 1.62. The van der Waals surface area contributed by atoms with Gasteiger partial charge in [0.05, 0.1) is 18.7 Å². The molecule has 0 N–H and O–H groups in total. The van der Waals surface area contributed by atoms with E-state index in [0.29, 0.717) is 0 Å². The zero-order valence-electron chi connectivity index (χ0n) is 11.8.